The lowest BCUT2D eigenvalue weighted by molar-refractivity contribution is -0.0289. The minimum Gasteiger partial charge on any atom is -0.391 e. The average molecular weight is 480 g/mol. The molecule has 0 radical (unpaired) electrons. The Hall–Kier alpha value is -2.38. The van der Waals surface area contributed by atoms with Crippen LogP contribution in [0.3, 0.4) is 0 Å². The van der Waals surface area contributed by atoms with E-state index in [1.165, 1.54) is 23.3 Å². The van der Waals surface area contributed by atoms with Crippen LogP contribution >= 0.6 is 11.8 Å². The molecule has 0 spiro atoms. The smallest absolute Gasteiger partial charge is 0.167 e. The van der Waals surface area contributed by atoms with Crippen LogP contribution in [0.1, 0.15) is 25.5 Å². The van der Waals surface area contributed by atoms with Gasteiger partial charge in [-0.05, 0) is 31.4 Å². The Morgan fingerprint density at radius 3 is 2.73 bits per heavy atom. The van der Waals surface area contributed by atoms with Crippen LogP contribution in [-0.2, 0) is 4.74 Å². The van der Waals surface area contributed by atoms with Crippen molar-refractivity contribution in [3.05, 3.63) is 42.5 Å². The summed E-state index contributed by atoms with van der Waals surface area (Å²) in [6.07, 6.45) is 0.542. The Kier molecular flexibility index (Phi) is 6.18. The van der Waals surface area contributed by atoms with Gasteiger partial charge in [0.25, 0.3) is 0 Å². The van der Waals surface area contributed by atoms with E-state index in [1.807, 2.05) is 0 Å². The van der Waals surface area contributed by atoms with Crippen molar-refractivity contribution < 1.29 is 28.8 Å². The first-order valence-electron chi connectivity index (χ1n) is 10.6. The maximum absolute atomic E-state index is 13.9. The number of aromatic nitrogens is 4. The van der Waals surface area contributed by atoms with Gasteiger partial charge in [0.2, 0.25) is 0 Å². The molecule has 2 fully saturated rings. The largest absolute Gasteiger partial charge is 0.391 e. The van der Waals surface area contributed by atoms with Crippen LogP contribution < -0.4 is 5.32 Å². The summed E-state index contributed by atoms with van der Waals surface area (Å²) in [6.45, 7) is 0. The van der Waals surface area contributed by atoms with Gasteiger partial charge in [0, 0.05) is 16.7 Å². The second-order valence-corrected chi connectivity index (χ2v) is 9.29. The number of ether oxygens (including phenoxy) is 1. The van der Waals surface area contributed by atoms with Crippen molar-refractivity contribution >= 4 is 28.7 Å². The minimum absolute atomic E-state index is 0.128. The molecule has 1 aromatic carbocycles. The number of nitrogens with one attached hydrogen (secondary N) is 1. The highest BCUT2D eigenvalue weighted by Gasteiger charge is 2.44. The lowest BCUT2D eigenvalue weighted by Crippen LogP contribution is -2.32. The van der Waals surface area contributed by atoms with Gasteiger partial charge in [0.1, 0.15) is 30.2 Å². The summed E-state index contributed by atoms with van der Waals surface area (Å²) in [7, 11) is 0. The average Bonchev–Trinajstić information content (AvgIpc) is 3.47. The number of fused-ring (bicyclic) bond motifs is 1. The van der Waals surface area contributed by atoms with Crippen molar-refractivity contribution in [1.29, 1.82) is 0 Å². The first-order chi connectivity index (χ1) is 15.9. The van der Waals surface area contributed by atoms with Crippen molar-refractivity contribution in [3.8, 4) is 0 Å². The van der Waals surface area contributed by atoms with E-state index in [4.69, 9.17) is 4.74 Å². The molecule has 9 nitrogen and oxygen atoms in total. The maximum atomic E-state index is 13.9. The number of nitrogens with zero attached hydrogens (tertiary/aromatic N) is 4. The number of thioether (sulfide) groups is 1. The monoisotopic (exact) mass is 479 g/mol. The number of hydrogen-bond donors (Lipinski definition) is 4. The Balaban J connectivity index is 1.33. The highest BCUT2D eigenvalue weighted by atomic mass is 32.2. The van der Waals surface area contributed by atoms with Gasteiger partial charge in [-0.15, -0.1) is 11.8 Å². The number of benzene rings is 1. The fraction of sp³-hybridized carbons (Fsp3) is 0.476. The third kappa shape index (κ3) is 4.28. The first kappa shape index (κ1) is 22.4. The molecular formula is C21H23F2N5O4S. The van der Waals surface area contributed by atoms with Crippen LogP contribution in [0.4, 0.5) is 14.6 Å². The van der Waals surface area contributed by atoms with Gasteiger partial charge in [-0.25, -0.2) is 23.7 Å². The molecule has 12 heteroatoms. The molecule has 2 aromatic heterocycles. The second kappa shape index (κ2) is 9.11. The highest BCUT2D eigenvalue weighted by molar-refractivity contribution is 7.99. The molecule has 3 aromatic rings. The van der Waals surface area contributed by atoms with Gasteiger partial charge in [-0.2, -0.15) is 0 Å². The topological polar surface area (TPSA) is 126 Å². The molecule has 4 N–H and O–H groups in total. The molecule has 1 saturated carbocycles. The van der Waals surface area contributed by atoms with Crippen LogP contribution in [0.2, 0.25) is 0 Å². The lowest BCUT2D eigenvalue weighted by Gasteiger charge is -2.18. The number of aliphatic hydroxyl groups excluding tert-OH is 3. The van der Waals surface area contributed by atoms with Gasteiger partial charge in [0.05, 0.1) is 24.6 Å². The third-order valence-corrected chi connectivity index (χ3v) is 7.21. The SMILES string of the molecule is O[C@@H]1[C@H](O)[C@@H](CSc2ccc(F)cc2F)O[C@H]1n1cnc2c(N[C@@H]3CCC[C@H]3O)ncnc21. The Labute approximate surface area is 191 Å². The van der Waals surface area contributed by atoms with E-state index >= 15 is 0 Å². The normalized spacial score (nSPS) is 29.7. The standard InChI is InChI=1S/C21H23F2N5O4S/c22-10-4-5-15(11(23)6-10)33-7-14-17(30)18(31)21(32-14)28-9-26-16-19(24-8-25-20(16)28)27-12-2-1-3-13(12)29/h4-6,8-9,12-14,17-18,21,29-31H,1-3,7H2,(H,24,25,27)/t12-,13-,14-,17-,18-,21-/m1/s1. The molecule has 33 heavy (non-hydrogen) atoms. The quantitative estimate of drug-likeness (QED) is 0.392. The predicted molar refractivity (Wildman–Crippen MR) is 116 cm³/mol. The van der Waals surface area contributed by atoms with Gasteiger partial charge in [-0.3, -0.25) is 4.57 Å². The van der Waals surface area contributed by atoms with Crippen molar-refractivity contribution in [2.45, 2.75) is 60.8 Å². The number of aliphatic hydroxyl groups is 3. The summed E-state index contributed by atoms with van der Waals surface area (Å²) in [5.74, 6) is -0.758. The molecule has 2 aliphatic rings. The summed E-state index contributed by atoms with van der Waals surface area (Å²) < 4.78 is 34.5. The zero-order valence-electron chi connectivity index (χ0n) is 17.4. The van der Waals surface area contributed by atoms with Crippen molar-refractivity contribution in [2.75, 3.05) is 11.1 Å². The predicted octanol–water partition coefficient (Wildman–Crippen LogP) is 1.84. The summed E-state index contributed by atoms with van der Waals surface area (Å²) in [4.78, 5) is 13.1. The molecular weight excluding hydrogens is 456 g/mol. The highest BCUT2D eigenvalue weighted by Crippen LogP contribution is 2.35. The van der Waals surface area contributed by atoms with Gasteiger partial charge in [-0.1, -0.05) is 0 Å². The van der Waals surface area contributed by atoms with E-state index in [0.717, 1.165) is 43.2 Å². The summed E-state index contributed by atoms with van der Waals surface area (Å²) in [6, 6.07) is 3.14. The van der Waals surface area contributed by atoms with E-state index in [0.29, 0.717) is 17.0 Å². The van der Waals surface area contributed by atoms with E-state index in [9.17, 15) is 24.1 Å². The molecule has 0 amide bonds. The number of hydrogen-bond acceptors (Lipinski definition) is 9. The van der Waals surface area contributed by atoms with Gasteiger partial charge in [0.15, 0.2) is 23.2 Å². The Morgan fingerprint density at radius 2 is 1.97 bits per heavy atom. The maximum Gasteiger partial charge on any atom is 0.167 e. The molecule has 6 atom stereocenters. The molecule has 1 aliphatic heterocycles. The van der Waals surface area contributed by atoms with Crippen molar-refractivity contribution in [2.24, 2.45) is 0 Å². The lowest BCUT2D eigenvalue weighted by atomic mass is 10.1. The number of halogens is 2. The molecule has 3 heterocycles. The fourth-order valence-electron chi connectivity index (χ4n) is 4.29. The van der Waals surface area contributed by atoms with Gasteiger partial charge < -0.3 is 25.4 Å². The Morgan fingerprint density at radius 1 is 1.12 bits per heavy atom. The zero-order chi connectivity index (χ0) is 23.1. The van der Waals surface area contributed by atoms with Crippen molar-refractivity contribution in [3.63, 3.8) is 0 Å². The van der Waals surface area contributed by atoms with E-state index in [-0.39, 0.29) is 16.7 Å². The first-order valence-corrected chi connectivity index (χ1v) is 11.6. The Bertz CT molecular complexity index is 1150. The van der Waals surface area contributed by atoms with E-state index in [1.54, 1.807) is 0 Å². The zero-order valence-corrected chi connectivity index (χ0v) is 18.2. The second-order valence-electron chi connectivity index (χ2n) is 8.23. The van der Waals surface area contributed by atoms with Gasteiger partial charge >= 0.3 is 0 Å². The van der Waals surface area contributed by atoms with Crippen LogP contribution in [0.5, 0.6) is 0 Å². The minimum atomic E-state index is -1.27. The molecule has 176 valence electrons. The molecule has 5 rings (SSSR count). The summed E-state index contributed by atoms with van der Waals surface area (Å²) in [5.41, 5.74) is 0.849. The van der Waals surface area contributed by atoms with E-state index in [2.05, 4.69) is 20.3 Å². The van der Waals surface area contributed by atoms with Crippen LogP contribution in [0.15, 0.2) is 35.7 Å². The number of anilines is 1. The number of rotatable bonds is 6. The fourth-order valence-corrected chi connectivity index (χ4v) is 5.27. The summed E-state index contributed by atoms with van der Waals surface area (Å²) >= 11 is 1.06. The van der Waals surface area contributed by atoms with Crippen LogP contribution in [0.25, 0.3) is 11.2 Å². The number of imidazole rings is 1. The molecule has 0 bridgehead atoms. The van der Waals surface area contributed by atoms with Crippen LogP contribution in [-0.4, -0.2) is 71.0 Å². The van der Waals surface area contributed by atoms with E-state index < -0.39 is 42.3 Å². The molecule has 1 saturated heterocycles. The third-order valence-electron chi connectivity index (χ3n) is 6.07. The van der Waals surface area contributed by atoms with Crippen molar-refractivity contribution in [1.82, 2.24) is 19.5 Å². The molecule has 1 aliphatic carbocycles. The van der Waals surface area contributed by atoms with Crippen LogP contribution in [0, 0.1) is 11.6 Å². The molecule has 0 unspecified atom stereocenters. The summed E-state index contributed by atoms with van der Waals surface area (Å²) in [5, 5.41) is 34.5.